The van der Waals surface area contributed by atoms with E-state index in [0.29, 0.717) is 25.7 Å². The summed E-state index contributed by atoms with van der Waals surface area (Å²) in [5, 5.41) is 7.41. The van der Waals surface area contributed by atoms with Gasteiger partial charge in [0.1, 0.15) is 0 Å². The van der Waals surface area contributed by atoms with Gasteiger partial charge in [0.2, 0.25) is 5.91 Å². The Morgan fingerprint density at radius 1 is 1.52 bits per heavy atom. The van der Waals surface area contributed by atoms with Crippen molar-refractivity contribution in [1.29, 1.82) is 0 Å². The summed E-state index contributed by atoms with van der Waals surface area (Å²) in [5.74, 6) is 0.168. The predicted octanol–water partition coefficient (Wildman–Crippen LogP) is 1.47. The van der Waals surface area contributed by atoms with E-state index in [9.17, 15) is 4.79 Å². The van der Waals surface area contributed by atoms with Gasteiger partial charge in [-0.2, -0.15) is 5.10 Å². The van der Waals surface area contributed by atoms with Crippen LogP contribution in [-0.2, 0) is 9.53 Å². The number of ether oxygens (including phenoxy) is 1. The average molecular weight is 382 g/mol. The molecule has 1 aromatic rings. The van der Waals surface area contributed by atoms with Gasteiger partial charge in [-0.15, -0.1) is 12.4 Å². The fraction of sp³-hybridized carbons (Fsp3) is 0.692. The number of hydrogen-bond acceptors (Lipinski definition) is 4. The maximum Gasteiger partial charge on any atom is 0.236 e. The summed E-state index contributed by atoms with van der Waals surface area (Å²) < 4.78 is 7.92. The molecule has 0 aliphatic carbocycles. The van der Waals surface area contributed by atoms with Crippen LogP contribution in [0.4, 0.5) is 0 Å². The molecule has 1 aliphatic rings. The molecular formula is C13H22BrClN4O2. The standard InChI is InChI=1S/C13H21BrN4O2.ClH/c1-20-7-4-15-9-13(19)17-5-2-12(3-6-17)18-10-11(14)8-16-18;/h8,10,12,15H,2-7,9H2,1H3;1H. The highest BCUT2D eigenvalue weighted by atomic mass is 79.9. The molecule has 6 nitrogen and oxygen atoms in total. The topological polar surface area (TPSA) is 59.4 Å². The first-order chi connectivity index (χ1) is 9.70. The summed E-state index contributed by atoms with van der Waals surface area (Å²) >= 11 is 3.41. The number of methoxy groups -OCH3 is 1. The zero-order valence-electron chi connectivity index (χ0n) is 12.1. The van der Waals surface area contributed by atoms with Gasteiger partial charge in [-0.3, -0.25) is 9.48 Å². The molecule has 0 unspecified atom stereocenters. The minimum atomic E-state index is 0. The van der Waals surface area contributed by atoms with Crippen molar-refractivity contribution in [2.75, 3.05) is 39.9 Å². The first kappa shape index (κ1) is 18.4. The van der Waals surface area contributed by atoms with Crippen LogP contribution in [0.1, 0.15) is 18.9 Å². The van der Waals surface area contributed by atoms with Crippen LogP contribution in [0.5, 0.6) is 0 Å². The highest BCUT2D eigenvalue weighted by Gasteiger charge is 2.23. The van der Waals surface area contributed by atoms with E-state index in [1.54, 1.807) is 13.3 Å². The third-order valence-electron chi connectivity index (χ3n) is 3.52. The number of piperidine rings is 1. The Morgan fingerprint density at radius 3 is 2.81 bits per heavy atom. The number of nitrogens with zero attached hydrogens (tertiary/aromatic N) is 3. The fourth-order valence-electron chi connectivity index (χ4n) is 2.38. The quantitative estimate of drug-likeness (QED) is 0.758. The number of carbonyl (C=O) groups is 1. The molecule has 0 aromatic carbocycles. The van der Waals surface area contributed by atoms with Crippen LogP contribution in [0.15, 0.2) is 16.9 Å². The number of hydrogen-bond donors (Lipinski definition) is 1. The molecule has 0 spiro atoms. The second-order valence-electron chi connectivity index (χ2n) is 4.92. The number of amides is 1. The van der Waals surface area contributed by atoms with E-state index >= 15 is 0 Å². The Labute approximate surface area is 139 Å². The molecule has 120 valence electrons. The van der Waals surface area contributed by atoms with Gasteiger partial charge in [0.25, 0.3) is 0 Å². The summed E-state index contributed by atoms with van der Waals surface area (Å²) in [6, 6.07) is 0.395. The molecule has 8 heteroatoms. The average Bonchev–Trinajstić information content (AvgIpc) is 2.90. The zero-order chi connectivity index (χ0) is 14.4. The predicted molar refractivity (Wildman–Crippen MR) is 86.8 cm³/mol. The maximum absolute atomic E-state index is 12.0. The highest BCUT2D eigenvalue weighted by molar-refractivity contribution is 9.10. The van der Waals surface area contributed by atoms with Gasteiger partial charge in [-0.05, 0) is 28.8 Å². The van der Waals surface area contributed by atoms with Crippen molar-refractivity contribution < 1.29 is 9.53 Å². The fourth-order valence-corrected chi connectivity index (χ4v) is 2.68. The molecule has 2 heterocycles. The van der Waals surface area contributed by atoms with E-state index < -0.39 is 0 Å². The van der Waals surface area contributed by atoms with Crippen LogP contribution in [0.2, 0.25) is 0 Å². The SMILES string of the molecule is COCCNCC(=O)N1CCC(n2cc(Br)cn2)CC1.Cl. The Hall–Kier alpha value is -0.630. The molecule has 1 aromatic heterocycles. The highest BCUT2D eigenvalue weighted by Crippen LogP contribution is 2.23. The van der Waals surface area contributed by atoms with Crippen LogP contribution in [0.25, 0.3) is 0 Å². The molecule has 1 aliphatic heterocycles. The molecule has 21 heavy (non-hydrogen) atoms. The molecule has 0 radical (unpaired) electrons. The smallest absolute Gasteiger partial charge is 0.236 e. The van der Waals surface area contributed by atoms with E-state index in [1.165, 1.54) is 0 Å². The molecule has 1 N–H and O–H groups in total. The van der Waals surface area contributed by atoms with E-state index in [0.717, 1.165) is 30.4 Å². The number of aromatic nitrogens is 2. The van der Waals surface area contributed by atoms with E-state index in [2.05, 4.69) is 26.3 Å². The third-order valence-corrected chi connectivity index (χ3v) is 3.93. The minimum Gasteiger partial charge on any atom is -0.383 e. The van der Waals surface area contributed by atoms with E-state index in [-0.39, 0.29) is 18.3 Å². The van der Waals surface area contributed by atoms with E-state index in [4.69, 9.17) is 4.74 Å². The molecule has 1 amide bonds. The molecule has 0 saturated carbocycles. The Morgan fingerprint density at radius 2 is 2.24 bits per heavy atom. The van der Waals surface area contributed by atoms with Crippen molar-refractivity contribution in [3.05, 3.63) is 16.9 Å². The normalized spacial score (nSPS) is 15.8. The second-order valence-corrected chi connectivity index (χ2v) is 5.84. The van der Waals surface area contributed by atoms with Gasteiger partial charge in [0.15, 0.2) is 0 Å². The summed E-state index contributed by atoms with van der Waals surface area (Å²) in [7, 11) is 1.65. The van der Waals surface area contributed by atoms with Crippen LogP contribution < -0.4 is 5.32 Å². The number of carbonyl (C=O) groups excluding carboxylic acids is 1. The first-order valence-corrected chi connectivity index (χ1v) is 7.67. The summed E-state index contributed by atoms with van der Waals surface area (Å²) in [6.45, 7) is 3.32. The summed E-state index contributed by atoms with van der Waals surface area (Å²) in [6.07, 6.45) is 5.71. The Kier molecular flexibility index (Phi) is 8.24. The molecule has 0 bridgehead atoms. The van der Waals surface area contributed by atoms with Crippen molar-refractivity contribution in [2.45, 2.75) is 18.9 Å². The number of rotatable bonds is 6. The molecule has 0 atom stereocenters. The largest absolute Gasteiger partial charge is 0.383 e. The van der Waals surface area contributed by atoms with Crippen molar-refractivity contribution in [3.63, 3.8) is 0 Å². The first-order valence-electron chi connectivity index (χ1n) is 6.88. The lowest BCUT2D eigenvalue weighted by Crippen LogP contribution is -2.43. The van der Waals surface area contributed by atoms with Crippen LogP contribution in [0, 0.1) is 0 Å². The maximum atomic E-state index is 12.0. The number of halogens is 2. The van der Waals surface area contributed by atoms with Crippen molar-refractivity contribution in [2.24, 2.45) is 0 Å². The molecule has 2 rings (SSSR count). The Balaban J connectivity index is 0.00000220. The van der Waals surface area contributed by atoms with Gasteiger partial charge in [0.05, 0.1) is 29.9 Å². The van der Waals surface area contributed by atoms with Gasteiger partial charge in [-0.25, -0.2) is 0 Å². The molecule has 1 saturated heterocycles. The number of likely N-dealkylation sites (tertiary alicyclic amines) is 1. The molecular weight excluding hydrogens is 360 g/mol. The van der Waals surface area contributed by atoms with E-state index in [1.807, 2.05) is 15.8 Å². The lowest BCUT2D eigenvalue weighted by atomic mass is 10.1. The van der Waals surface area contributed by atoms with Crippen molar-refractivity contribution >= 4 is 34.2 Å². The van der Waals surface area contributed by atoms with Crippen LogP contribution >= 0.6 is 28.3 Å². The lowest BCUT2D eigenvalue weighted by Gasteiger charge is -2.32. The molecule has 1 fully saturated rings. The second kappa shape index (κ2) is 9.40. The number of nitrogens with one attached hydrogen (secondary N) is 1. The van der Waals surface area contributed by atoms with Gasteiger partial charge in [0, 0.05) is 32.9 Å². The summed E-state index contributed by atoms with van der Waals surface area (Å²) in [4.78, 5) is 13.9. The monoisotopic (exact) mass is 380 g/mol. The van der Waals surface area contributed by atoms with Crippen LogP contribution in [-0.4, -0.2) is 60.5 Å². The Bertz CT molecular complexity index is 436. The van der Waals surface area contributed by atoms with Gasteiger partial charge >= 0.3 is 0 Å². The minimum absolute atomic E-state index is 0. The van der Waals surface area contributed by atoms with Gasteiger partial charge in [-0.1, -0.05) is 0 Å². The van der Waals surface area contributed by atoms with Crippen LogP contribution in [0.3, 0.4) is 0 Å². The van der Waals surface area contributed by atoms with Crippen molar-refractivity contribution in [1.82, 2.24) is 20.0 Å². The van der Waals surface area contributed by atoms with Crippen molar-refractivity contribution in [3.8, 4) is 0 Å². The third kappa shape index (κ3) is 5.58. The van der Waals surface area contributed by atoms with Gasteiger partial charge < -0.3 is 15.0 Å². The summed E-state index contributed by atoms with van der Waals surface area (Å²) in [5.41, 5.74) is 0. The zero-order valence-corrected chi connectivity index (χ0v) is 14.5. The lowest BCUT2D eigenvalue weighted by molar-refractivity contribution is -0.131.